The first kappa shape index (κ1) is 39.1. The number of hydrogen-bond acceptors (Lipinski definition) is 10. The lowest BCUT2D eigenvalue weighted by atomic mass is 10.0. The van der Waals surface area contributed by atoms with Crippen molar-refractivity contribution in [2.45, 2.75) is 65.6 Å². The average molecular weight is 635 g/mol. The molecule has 0 atom stereocenters. The van der Waals surface area contributed by atoms with Crippen LogP contribution in [0.15, 0.2) is 30.3 Å². The molecule has 0 aliphatic carbocycles. The molecule has 1 aromatic rings. The quantitative estimate of drug-likeness (QED) is 0.381. The van der Waals surface area contributed by atoms with Crippen LogP contribution in [0.4, 0.5) is 0 Å². The van der Waals surface area contributed by atoms with Crippen LogP contribution in [0.25, 0.3) is 0 Å². The van der Waals surface area contributed by atoms with Crippen molar-refractivity contribution in [1.82, 2.24) is 29.8 Å². The van der Waals surface area contributed by atoms with Crippen LogP contribution in [0, 0.1) is 0 Å². The fraction of sp³-hybridized carbons (Fsp3) is 0.765. The van der Waals surface area contributed by atoms with Crippen molar-refractivity contribution >= 4 is 11.9 Å². The number of piperazine rings is 2. The number of likely N-dealkylation sites (tertiary alicyclic amines) is 2. The Morgan fingerprint density at radius 2 is 1.11 bits per heavy atom. The summed E-state index contributed by atoms with van der Waals surface area (Å²) < 4.78 is 10.0. The van der Waals surface area contributed by atoms with Crippen LogP contribution < -0.4 is 5.32 Å². The predicted molar refractivity (Wildman–Crippen MR) is 180 cm³/mol. The first-order chi connectivity index (χ1) is 21.0. The van der Waals surface area contributed by atoms with Crippen molar-refractivity contribution < 1.29 is 24.5 Å². The van der Waals surface area contributed by atoms with E-state index >= 15 is 0 Å². The van der Waals surface area contributed by atoms with Crippen molar-refractivity contribution in [2.24, 2.45) is 0 Å². The number of benzene rings is 1. The normalized spacial score (nSPS) is 21.5. The molecule has 0 amide bonds. The third-order valence-corrected chi connectivity index (χ3v) is 9.27. The molecular weight excluding hydrogens is 572 g/mol. The van der Waals surface area contributed by atoms with Gasteiger partial charge in [0.2, 0.25) is 0 Å². The second kappa shape index (κ2) is 21.6. The fourth-order valence-corrected chi connectivity index (χ4v) is 6.84. The maximum absolute atomic E-state index is 11.6. The molecule has 4 aliphatic heterocycles. The Morgan fingerprint density at radius 3 is 1.56 bits per heavy atom. The van der Waals surface area contributed by atoms with Gasteiger partial charge in [-0.15, -0.1) is 0 Å². The monoisotopic (exact) mass is 634 g/mol. The van der Waals surface area contributed by atoms with Crippen molar-refractivity contribution in [3.05, 3.63) is 35.9 Å². The SMILES string of the molecule is C.CCOC(=O)CN1CCC(N2CCN(Cc3ccccc3)CC2)CC1.CCOC(=O)CN1CCC(N2CCNCC2)CC1.O. The number of carbonyl (C=O) groups excluding carboxylic acids is 2. The zero-order valence-electron chi connectivity index (χ0n) is 27.3. The van der Waals surface area contributed by atoms with E-state index in [0.29, 0.717) is 38.4 Å². The summed E-state index contributed by atoms with van der Waals surface area (Å²) in [6.45, 7) is 19.9. The zero-order valence-corrected chi connectivity index (χ0v) is 27.3. The van der Waals surface area contributed by atoms with Gasteiger partial charge in [-0.05, 0) is 45.1 Å². The molecule has 0 bridgehead atoms. The second-order valence-corrected chi connectivity index (χ2v) is 12.2. The molecule has 11 nitrogen and oxygen atoms in total. The van der Waals surface area contributed by atoms with Gasteiger partial charge in [0.15, 0.2) is 0 Å². The molecule has 4 saturated heterocycles. The molecule has 0 aromatic heterocycles. The van der Waals surface area contributed by atoms with Gasteiger partial charge in [-0.2, -0.15) is 0 Å². The van der Waals surface area contributed by atoms with Crippen LogP contribution >= 0.6 is 0 Å². The number of piperidine rings is 2. The fourth-order valence-electron chi connectivity index (χ4n) is 6.84. The number of rotatable bonds is 10. The van der Waals surface area contributed by atoms with Gasteiger partial charge in [-0.1, -0.05) is 37.8 Å². The summed E-state index contributed by atoms with van der Waals surface area (Å²) in [6, 6.07) is 12.1. The highest BCUT2D eigenvalue weighted by atomic mass is 16.5. The lowest BCUT2D eigenvalue weighted by Crippen LogP contribution is -2.53. The number of esters is 2. The van der Waals surface area contributed by atoms with E-state index < -0.39 is 0 Å². The van der Waals surface area contributed by atoms with Crippen LogP contribution in [0.1, 0.15) is 52.5 Å². The number of nitrogens with one attached hydrogen (secondary N) is 1. The summed E-state index contributed by atoms with van der Waals surface area (Å²) in [4.78, 5) is 35.3. The van der Waals surface area contributed by atoms with Gasteiger partial charge < -0.3 is 20.3 Å². The largest absolute Gasteiger partial charge is 0.465 e. The van der Waals surface area contributed by atoms with Crippen LogP contribution in [-0.4, -0.2) is 159 Å². The minimum Gasteiger partial charge on any atom is -0.465 e. The van der Waals surface area contributed by atoms with Crippen molar-refractivity contribution in [2.75, 3.05) is 105 Å². The van der Waals surface area contributed by atoms with Crippen molar-refractivity contribution in [3.63, 3.8) is 0 Å². The molecule has 0 unspecified atom stereocenters. The zero-order chi connectivity index (χ0) is 30.3. The number of nitrogens with zero attached hydrogens (tertiary/aromatic N) is 5. The van der Waals surface area contributed by atoms with Gasteiger partial charge in [0, 0.05) is 97.2 Å². The minimum atomic E-state index is -0.0875. The molecule has 3 N–H and O–H groups in total. The molecule has 11 heteroatoms. The highest BCUT2D eigenvalue weighted by molar-refractivity contribution is 5.72. The van der Waals surface area contributed by atoms with Gasteiger partial charge in [-0.3, -0.25) is 34.1 Å². The average Bonchev–Trinajstić information content (AvgIpc) is 3.04. The summed E-state index contributed by atoms with van der Waals surface area (Å²) in [7, 11) is 0. The summed E-state index contributed by atoms with van der Waals surface area (Å²) in [5, 5.41) is 3.39. The van der Waals surface area contributed by atoms with Crippen LogP contribution in [0.3, 0.4) is 0 Å². The van der Waals surface area contributed by atoms with Gasteiger partial charge in [-0.25, -0.2) is 0 Å². The molecule has 5 rings (SSSR count). The van der Waals surface area contributed by atoms with E-state index in [2.05, 4.69) is 60.1 Å². The van der Waals surface area contributed by atoms with Crippen LogP contribution in [-0.2, 0) is 25.6 Å². The molecule has 1 aromatic carbocycles. The molecule has 0 spiro atoms. The standard InChI is InChI=1S/C20H31N3O2.C13H25N3O2.CH4.H2O/c1-2-25-20(24)17-21-10-8-19(9-11-21)23-14-12-22(13-15-23)16-18-6-4-3-5-7-18;1-2-18-13(17)11-15-7-3-12(4-8-15)16-9-5-14-6-10-16;;/h3-7,19H,2,8-17H2,1H3;12,14H,2-11H2,1H3;1H4;1H2. The Hall–Kier alpha value is -2.12. The summed E-state index contributed by atoms with van der Waals surface area (Å²) >= 11 is 0. The second-order valence-electron chi connectivity index (χ2n) is 12.2. The predicted octanol–water partition coefficient (Wildman–Crippen LogP) is 1.56. The van der Waals surface area contributed by atoms with E-state index in [1.807, 2.05) is 13.8 Å². The lowest BCUT2D eigenvalue weighted by Gasteiger charge is -2.42. The number of ether oxygens (including phenoxy) is 2. The van der Waals surface area contributed by atoms with Crippen molar-refractivity contribution in [1.29, 1.82) is 0 Å². The number of hydrogen-bond donors (Lipinski definition) is 1. The molecular formula is C34H62N6O5. The van der Waals surface area contributed by atoms with E-state index in [4.69, 9.17) is 9.47 Å². The van der Waals surface area contributed by atoms with Gasteiger partial charge in [0.25, 0.3) is 0 Å². The highest BCUT2D eigenvalue weighted by Crippen LogP contribution is 2.19. The van der Waals surface area contributed by atoms with Crippen molar-refractivity contribution in [3.8, 4) is 0 Å². The third-order valence-electron chi connectivity index (χ3n) is 9.27. The maximum Gasteiger partial charge on any atom is 0.320 e. The molecule has 0 radical (unpaired) electrons. The Bertz CT molecular complexity index is 926. The first-order valence-corrected chi connectivity index (χ1v) is 16.7. The molecule has 4 fully saturated rings. The molecule has 45 heavy (non-hydrogen) atoms. The third kappa shape index (κ3) is 13.6. The van der Waals surface area contributed by atoms with Gasteiger partial charge >= 0.3 is 11.9 Å². The van der Waals surface area contributed by atoms with Crippen LogP contribution in [0.2, 0.25) is 0 Å². The minimum absolute atomic E-state index is 0. The van der Waals surface area contributed by atoms with Gasteiger partial charge in [0.1, 0.15) is 0 Å². The topological polar surface area (TPSA) is 112 Å². The summed E-state index contributed by atoms with van der Waals surface area (Å²) in [5.41, 5.74) is 1.41. The number of carbonyl (C=O) groups is 2. The van der Waals surface area contributed by atoms with E-state index in [9.17, 15) is 9.59 Å². The maximum atomic E-state index is 11.6. The van der Waals surface area contributed by atoms with E-state index in [0.717, 1.165) is 84.8 Å². The Balaban J connectivity index is 0.000000315. The summed E-state index contributed by atoms with van der Waals surface area (Å²) in [5.74, 6) is -0.173. The molecule has 4 aliphatic rings. The molecule has 258 valence electrons. The lowest BCUT2D eigenvalue weighted by molar-refractivity contribution is -0.145. The van der Waals surface area contributed by atoms with E-state index in [-0.39, 0.29) is 24.8 Å². The molecule has 4 heterocycles. The van der Waals surface area contributed by atoms with Gasteiger partial charge in [0.05, 0.1) is 26.3 Å². The smallest absolute Gasteiger partial charge is 0.320 e. The Morgan fingerprint density at radius 1 is 0.667 bits per heavy atom. The highest BCUT2D eigenvalue weighted by Gasteiger charge is 2.29. The first-order valence-electron chi connectivity index (χ1n) is 16.7. The Labute approximate surface area is 272 Å². The molecule has 0 saturated carbocycles. The van der Waals surface area contributed by atoms with E-state index in [1.165, 1.54) is 31.5 Å². The van der Waals surface area contributed by atoms with Crippen LogP contribution in [0.5, 0.6) is 0 Å². The Kier molecular flexibility index (Phi) is 18.8. The van der Waals surface area contributed by atoms with E-state index in [1.54, 1.807) is 0 Å². The summed E-state index contributed by atoms with van der Waals surface area (Å²) in [6.07, 6.45) is 4.69.